The van der Waals surface area contributed by atoms with E-state index < -0.39 is 97.1 Å². The lowest BCUT2D eigenvalue weighted by Crippen LogP contribution is -2.67. The van der Waals surface area contributed by atoms with Crippen molar-refractivity contribution in [3.63, 3.8) is 0 Å². The second-order valence-corrected chi connectivity index (χ2v) is 20.1. The summed E-state index contributed by atoms with van der Waals surface area (Å²) in [7, 11) is -4.61. The minimum atomic E-state index is -4.62. The second kappa shape index (κ2) is 20.0. The number of carboxylic acid groups (broad SMARTS) is 1. The van der Waals surface area contributed by atoms with Gasteiger partial charge in [-0.05, 0) is 113 Å². The number of aliphatic hydroxyl groups is 1. The van der Waals surface area contributed by atoms with Crippen molar-refractivity contribution in [1.82, 2.24) is 25.6 Å². The van der Waals surface area contributed by atoms with Gasteiger partial charge in [0.1, 0.15) is 11.2 Å². The Hall–Kier alpha value is -5.83. The number of nitrogens with two attached hydrogens (primary N) is 2. The van der Waals surface area contributed by atoms with Gasteiger partial charge >= 0.3 is 12.3 Å². The van der Waals surface area contributed by atoms with Crippen molar-refractivity contribution in [2.24, 2.45) is 17.4 Å². The number of carbonyl (C=O) groups is 5. The number of hydrogen-bond donors (Lipinski definition) is 6. The summed E-state index contributed by atoms with van der Waals surface area (Å²) in [6, 6.07) is 13.4. The van der Waals surface area contributed by atoms with Gasteiger partial charge in [-0.15, -0.1) is 0 Å². The number of unbranched alkanes of at least 4 members (excludes halogenated alkanes) is 1. The van der Waals surface area contributed by atoms with Crippen LogP contribution in [0.1, 0.15) is 92.9 Å². The Morgan fingerprint density at radius 2 is 1.53 bits per heavy atom. The number of amides is 5. The molecule has 2 aliphatic rings. The average Bonchev–Trinajstić information content (AvgIpc) is 3.60. The van der Waals surface area contributed by atoms with Gasteiger partial charge in [0, 0.05) is 30.7 Å². The van der Waals surface area contributed by atoms with Gasteiger partial charge in [0.05, 0.1) is 27.4 Å². The Morgan fingerprint density at radius 3 is 2.06 bits per heavy atom. The topological polar surface area (TPSA) is 246 Å². The monoisotopic (exact) mass is 941 g/mol. The fraction of sp³-hybridized carbons (Fsp3) is 0.457. The number of aliphatic hydroxyl groups excluding tert-OH is 1. The van der Waals surface area contributed by atoms with E-state index in [1.165, 1.54) is 46.3 Å². The van der Waals surface area contributed by atoms with Gasteiger partial charge < -0.3 is 37.2 Å². The zero-order valence-electron chi connectivity index (χ0n) is 37.7. The Labute approximate surface area is 382 Å². The third-order valence-electron chi connectivity index (χ3n) is 11.8. The molecule has 1 saturated heterocycles. The molecular formula is C46H58F3N7O9S. The summed E-state index contributed by atoms with van der Waals surface area (Å²) in [4.78, 5) is 67.8. The molecule has 20 heteroatoms. The number of halogens is 3. The highest BCUT2D eigenvalue weighted by Gasteiger charge is 2.57. The third kappa shape index (κ3) is 11.4. The van der Waals surface area contributed by atoms with Crippen LogP contribution in [0.5, 0.6) is 0 Å². The highest BCUT2D eigenvalue weighted by atomic mass is 32.2. The predicted molar refractivity (Wildman–Crippen MR) is 237 cm³/mol. The molecule has 5 amide bonds. The number of benzene rings is 3. The van der Waals surface area contributed by atoms with E-state index in [2.05, 4.69) is 10.6 Å². The largest absolute Gasteiger partial charge is 0.465 e. The van der Waals surface area contributed by atoms with Gasteiger partial charge in [0.2, 0.25) is 15.7 Å². The van der Waals surface area contributed by atoms with Crippen LogP contribution in [0.25, 0.3) is 0 Å². The summed E-state index contributed by atoms with van der Waals surface area (Å²) in [6.07, 6.45) is -7.87. The summed E-state index contributed by atoms with van der Waals surface area (Å²) < 4.78 is 70.0. The quantitative estimate of drug-likeness (QED) is 0.102. The molecule has 66 heavy (non-hydrogen) atoms. The molecule has 16 nitrogen and oxygen atoms in total. The molecule has 0 spiro atoms. The van der Waals surface area contributed by atoms with Crippen LogP contribution in [0.3, 0.4) is 0 Å². The molecule has 0 radical (unpaired) electrons. The molecule has 5 rings (SSSR count). The van der Waals surface area contributed by atoms with Crippen LogP contribution in [-0.4, -0.2) is 106 Å². The number of aryl methyl sites for hydroxylation is 1. The molecule has 0 aliphatic carbocycles. The lowest BCUT2D eigenvalue weighted by molar-refractivity contribution is -0.161. The summed E-state index contributed by atoms with van der Waals surface area (Å²) in [5.41, 5.74) is 9.78. The van der Waals surface area contributed by atoms with E-state index in [-0.39, 0.29) is 67.8 Å². The van der Waals surface area contributed by atoms with Crippen LogP contribution in [0.4, 0.5) is 18.0 Å². The highest BCUT2D eigenvalue weighted by molar-refractivity contribution is 7.95. The van der Waals surface area contributed by atoms with Gasteiger partial charge in [-0.25, -0.2) is 23.2 Å². The SMILES string of the molecule is Cc1ccc(S(=O)(=O)C2=C(C(=O)N[C@@H](CCCCN(C(=O)O)C(C)(C)C)C(O)C(=O)NCc3ccc(C(N)=O)cc3)N3C(=O)C(N)(Cc4ccc(C(F)(F)F)cc4)CCN3C2C(C)C)cc1. The Morgan fingerprint density at radius 1 is 0.939 bits per heavy atom. The molecule has 2 heterocycles. The maximum absolute atomic E-state index is 15.1. The van der Waals surface area contributed by atoms with Crippen molar-refractivity contribution < 1.29 is 55.8 Å². The van der Waals surface area contributed by atoms with Gasteiger partial charge in [0.15, 0.2) is 6.10 Å². The van der Waals surface area contributed by atoms with E-state index in [9.17, 15) is 51.0 Å². The standard InChI is InChI=1S/C46H58F3N7O9S/c1-27(2)35-38(66(64,65)33-20-10-28(3)11-21-33)36(56-42(61)45(51,22-24-55(35)56)25-29-14-18-32(19-15-29)46(47,48)49)40(59)53-34(9-7-8-23-54(43(62)63)44(4,5)6)37(57)41(60)52-26-30-12-16-31(17-13-30)39(50)58/h10-21,27,34-35,37,57H,7-9,22-26,51H2,1-6H3,(H2,50,58)(H,52,60)(H,53,59)(H,62,63)/t34-,35?,37?,45?/m0/s1. The first kappa shape index (κ1) is 51.2. The average molecular weight is 942 g/mol. The molecule has 2 aliphatic heterocycles. The maximum Gasteiger partial charge on any atom is 0.416 e. The van der Waals surface area contributed by atoms with Crippen molar-refractivity contribution in [3.8, 4) is 0 Å². The molecule has 0 aromatic heterocycles. The number of fused-ring (bicyclic) bond motifs is 1. The van der Waals surface area contributed by atoms with E-state index in [0.717, 1.165) is 22.7 Å². The molecule has 1 fully saturated rings. The molecule has 3 aromatic carbocycles. The first-order valence-electron chi connectivity index (χ1n) is 21.5. The van der Waals surface area contributed by atoms with Crippen LogP contribution in [0.15, 0.2) is 88.3 Å². The normalized spacial score (nSPS) is 19.1. The number of carbonyl (C=O) groups excluding carboxylic acids is 4. The summed E-state index contributed by atoms with van der Waals surface area (Å²) in [5.74, 6) is -4.22. The highest BCUT2D eigenvalue weighted by Crippen LogP contribution is 2.44. The van der Waals surface area contributed by atoms with Crippen molar-refractivity contribution in [3.05, 3.63) is 111 Å². The van der Waals surface area contributed by atoms with E-state index in [0.29, 0.717) is 5.56 Å². The number of hydrogen-bond acceptors (Lipinski definition) is 10. The van der Waals surface area contributed by atoms with Crippen molar-refractivity contribution in [1.29, 1.82) is 0 Å². The van der Waals surface area contributed by atoms with Crippen molar-refractivity contribution in [2.45, 2.75) is 121 Å². The number of sulfone groups is 1. The van der Waals surface area contributed by atoms with Crippen LogP contribution < -0.4 is 22.1 Å². The molecule has 358 valence electrons. The number of alkyl halides is 3. The molecule has 3 unspecified atom stereocenters. The van der Waals surface area contributed by atoms with Crippen molar-refractivity contribution in [2.75, 3.05) is 13.1 Å². The smallest absolute Gasteiger partial charge is 0.416 e. The molecule has 8 N–H and O–H groups in total. The van der Waals surface area contributed by atoms with Crippen LogP contribution in [0, 0.1) is 12.8 Å². The fourth-order valence-electron chi connectivity index (χ4n) is 8.21. The maximum atomic E-state index is 15.1. The van der Waals surface area contributed by atoms with E-state index in [4.69, 9.17) is 11.5 Å². The number of hydrazine groups is 1. The molecule has 0 bridgehead atoms. The first-order valence-corrected chi connectivity index (χ1v) is 22.9. The van der Waals surface area contributed by atoms with Gasteiger partial charge in [0.25, 0.3) is 17.7 Å². The predicted octanol–water partition coefficient (Wildman–Crippen LogP) is 4.64. The lowest BCUT2D eigenvalue weighted by atomic mass is 9.85. The summed E-state index contributed by atoms with van der Waals surface area (Å²) >= 11 is 0. The Kier molecular flexibility index (Phi) is 15.5. The van der Waals surface area contributed by atoms with E-state index in [1.54, 1.807) is 65.8 Å². The summed E-state index contributed by atoms with van der Waals surface area (Å²) in [5, 5.41) is 29.1. The van der Waals surface area contributed by atoms with Gasteiger partial charge in [-0.1, -0.05) is 55.8 Å². The van der Waals surface area contributed by atoms with Crippen LogP contribution in [0.2, 0.25) is 0 Å². The zero-order valence-corrected chi connectivity index (χ0v) is 38.5. The molecule has 3 aromatic rings. The summed E-state index contributed by atoms with van der Waals surface area (Å²) in [6.45, 7) is 10.2. The second-order valence-electron chi connectivity index (χ2n) is 18.2. The fourth-order valence-corrected chi connectivity index (χ4v) is 10.1. The third-order valence-corrected chi connectivity index (χ3v) is 13.7. The van der Waals surface area contributed by atoms with E-state index >= 15 is 4.79 Å². The molecular weight excluding hydrogens is 884 g/mol. The van der Waals surface area contributed by atoms with Crippen molar-refractivity contribution >= 4 is 39.6 Å². The minimum Gasteiger partial charge on any atom is -0.465 e. The number of rotatable bonds is 17. The van der Waals surface area contributed by atoms with Gasteiger partial charge in [-0.2, -0.15) is 13.2 Å². The molecule has 0 saturated carbocycles. The van der Waals surface area contributed by atoms with Crippen LogP contribution in [-0.2, 0) is 43.4 Å². The number of primary amides is 1. The number of nitrogens with zero attached hydrogens (tertiary/aromatic N) is 3. The lowest BCUT2D eigenvalue weighted by Gasteiger charge is -2.45. The minimum absolute atomic E-state index is 0.0536. The van der Waals surface area contributed by atoms with E-state index in [1.807, 2.05) is 0 Å². The molecule has 4 atom stereocenters. The zero-order chi connectivity index (χ0) is 49.1. The van der Waals surface area contributed by atoms with Gasteiger partial charge in [-0.3, -0.25) is 19.2 Å². The number of nitrogens with one attached hydrogen (secondary N) is 2. The first-order chi connectivity index (χ1) is 30.7. The Balaban J connectivity index is 1.56. The van der Waals surface area contributed by atoms with Crippen LogP contribution >= 0.6 is 0 Å². The Bertz CT molecular complexity index is 2440.